The van der Waals surface area contributed by atoms with E-state index in [4.69, 9.17) is 4.74 Å². The maximum absolute atomic E-state index is 12.2. The highest BCUT2D eigenvalue weighted by Gasteiger charge is 2.22. The molecule has 3 rings (SSSR count). The molecule has 1 aromatic carbocycles. The van der Waals surface area contributed by atoms with E-state index in [0.29, 0.717) is 24.9 Å². The number of benzene rings is 1. The highest BCUT2D eigenvalue weighted by molar-refractivity contribution is 5.76. The van der Waals surface area contributed by atoms with E-state index in [1.807, 2.05) is 12.1 Å². The molecule has 5 nitrogen and oxygen atoms in total. The molecule has 25 heavy (non-hydrogen) atoms. The number of amides is 1. The van der Waals surface area contributed by atoms with Gasteiger partial charge in [-0.05, 0) is 43.0 Å². The fourth-order valence-corrected chi connectivity index (χ4v) is 3.28. The van der Waals surface area contributed by atoms with Gasteiger partial charge in [0.2, 0.25) is 11.8 Å². The number of nitrogens with zero attached hydrogens (tertiary/aromatic N) is 2. The number of pyridine rings is 1. The second-order valence-electron chi connectivity index (χ2n) is 6.44. The smallest absolute Gasteiger partial charge is 0.222 e. The van der Waals surface area contributed by atoms with Crippen molar-refractivity contribution in [2.75, 3.05) is 18.6 Å². The van der Waals surface area contributed by atoms with Crippen molar-refractivity contribution in [1.29, 1.82) is 0 Å². The van der Waals surface area contributed by atoms with E-state index in [9.17, 15) is 4.79 Å². The lowest BCUT2D eigenvalue weighted by molar-refractivity contribution is -0.121. The predicted molar refractivity (Wildman–Crippen MR) is 98.8 cm³/mol. The molecule has 1 atom stereocenters. The van der Waals surface area contributed by atoms with Crippen LogP contribution in [0.25, 0.3) is 0 Å². The van der Waals surface area contributed by atoms with Gasteiger partial charge in [-0.3, -0.25) is 4.79 Å². The van der Waals surface area contributed by atoms with E-state index in [1.165, 1.54) is 11.3 Å². The van der Waals surface area contributed by atoms with E-state index in [1.54, 1.807) is 13.3 Å². The molecule has 0 fully saturated rings. The monoisotopic (exact) mass is 339 g/mol. The van der Waals surface area contributed by atoms with Crippen molar-refractivity contribution in [3.63, 3.8) is 0 Å². The zero-order valence-corrected chi connectivity index (χ0v) is 14.9. The Morgan fingerprint density at radius 3 is 3.04 bits per heavy atom. The summed E-state index contributed by atoms with van der Waals surface area (Å²) in [5.41, 5.74) is 3.63. The van der Waals surface area contributed by atoms with Gasteiger partial charge in [0.15, 0.2) is 0 Å². The van der Waals surface area contributed by atoms with Gasteiger partial charge in [0.1, 0.15) is 0 Å². The number of ether oxygens (including phenoxy) is 1. The first-order valence-corrected chi connectivity index (χ1v) is 8.77. The average Bonchev–Trinajstić information content (AvgIpc) is 2.65. The van der Waals surface area contributed by atoms with Crippen molar-refractivity contribution >= 4 is 11.6 Å². The minimum Gasteiger partial charge on any atom is -0.481 e. The van der Waals surface area contributed by atoms with E-state index >= 15 is 0 Å². The molecule has 0 spiro atoms. The Morgan fingerprint density at radius 1 is 1.36 bits per heavy atom. The summed E-state index contributed by atoms with van der Waals surface area (Å²) in [5, 5.41) is 2.98. The maximum atomic E-state index is 12.2. The van der Waals surface area contributed by atoms with E-state index in [2.05, 4.69) is 46.4 Å². The zero-order chi connectivity index (χ0) is 17.6. The van der Waals surface area contributed by atoms with E-state index < -0.39 is 0 Å². The molecule has 1 unspecified atom stereocenters. The molecule has 0 aliphatic carbocycles. The Morgan fingerprint density at radius 2 is 2.20 bits per heavy atom. The topological polar surface area (TPSA) is 54.5 Å². The lowest BCUT2D eigenvalue weighted by atomic mass is 9.96. The first kappa shape index (κ1) is 17.3. The fourth-order valence-electron chi connectivity index (χ4n) is 3.28. The molecule has 0 saturated heterocycles. The van der Waals surface area contributed by atoms with Crippen LogP contribution in [0.2, 0.25) is 0 Å². The summed E-state index contributed by atoms with van der Waals surface area (Å²) in [7, 11) is 1.59. The number of para-hydroxylation sites is 1. The fraction of sp³-hybridized carbons (Fsp3) is 0.400. The van der Waals surface area contributed by atoms with E-state index in [0.717, 1.165) is 24.9 Å². The van der Waals surface area contributed by atoms with E-state index in [-0.39, 0.29) is 5.91 Å². The minimum absolute atomic E-state index is 0.0611. The Labute approximate surface area is 149 Å². The summed E-state index contributed by atoms with van der Waals surface area (Å²) >= 11 is 0. The van der Waals surface area contributed by atoms with Gasteiger partial charge in [0.25, 0.3) is 0 Å². The number of nitrogens with one attached hydrogen (secondary N) is 1. The first-order valence-electron chi connectivity index (χ1n) is 8.77. The Kier molecular flexibility index (Phi) is 5.53. The first-order chi connectivity index (χ1) is 12.2. The molecular formula is C20H25N3O2. The number of aryl methyl sites for hydroxylation is 1. The average molecular weight is 339 g/mol. The highest BCUT2D eigenvalue weighted by Crippen LogP contribution is 2.30. The standard InChI is InChI=1S/C20H25N3O2/c1-15-7-8-17-5-3-4-6-18(17)23(15)12-10-19(24)22-14-16-9-11-21-20(13-16)25-2/h3-6,9,11,13,15H,7-8,10,12,14H2,1-2H3,(H,22,24). The largest absolute Gasteiger partial charge is 0.481 e. The van der Waals surface area contributed by atoms with Crippen molar-refractivity contribution in [1.82, 2.24) is 10.3 Å². The molecule has 1 aliphatic rings. The minimum atomic E-state index is 0.0611. The number of carbonyl (C=O) groups excluding carboxylic acids is 1. The quantitative estimate of drug-likeness (QED) is 0.879. The van der Waals surface area contributed by atoms with Gasteiger partial charge in [0.05, 0.1) is 7.11 Å². The van der Waals surface area contributed by atoms with Crippen LogP contribution in [0, 0.1) is 0 Å². The number of carbonyl (C=O) groups is 1. The predicted octanol–water partition coefficient (Wildman–Crippen LogP) is 2.94. The summed E-state index contributed by atoms with van der Waals surface area (Å²) in [6.07, 6.45) is 4.42. The summed E-state index contributed by atoms with van der Waals surface area (Å²) < 4.78 is 5.10. The van der Waals surface area contributed by atoms with Crippen LogP contribution in [-0.2, 0) is 17.8 Å². The van der Waals surface area contributed by atoms with Crippen LogP contribution in [-0.4, -0.2) is 30.6 Å². The second kappa shape index (κ2) is 8.01. The van der Waals surface area contributed by atoms with Crippen molar-refractivity contribution in [2.45, 2.75) is 38.8 Å². The molecule has 1 N–H and O–H groups in total. The van der Waals surface area contributed by atoms with Crippen LogP contribution in [0.5, 0.6) is 5.88 Å². The molecular weight excluding hydrogens is 314 g/mol. The number of rotatable bonds is 6. The molecule has 1 aliphatic heterocycles. The van der Waals surface area contributed by atoms with Crippen LogP contribution >= 0.6 is 0 Å². The molecule has 5 heteroatoms. The SMILES string of the molecule is COc1cc(CNC(=O)CCN2c3ccccc3CCC2C)ccn1. The molecule has 2 heterocycles. The number of fused-ring (bicyclic) bond motifs is 1. The second-order valence-corrected chi connectivity index (χ2v) is 6.44. The van der Waals surface area contributed by atoms with Crippen molar-refractivity contribution in [3.8, 4) is 5.88 Å². The Bertz CT molecular complexity index is 732. The molecule has 132 valence electrons. The summed E-state index contributed by atoms with van der Waals surface area (Å²) in [6, 6.07) is 12.7. The lowest BCUT2D eigenvalue weighted by Crippen LogP contribution is -2.39. The van der Waals surface area contributed by atoms with Crippen LogP contribution < -0.4 is 15.0 Å². The van der Waals surface area contributed by atoms with Crippen LogP contribution in [0.15, 0.2) is 42.6 Å². The maximum Gasteiger partial charge on any atom is 0.222 e. The molecule has 0 saturated carbocycles. The number of anilines is 1. The van der Waals surface area contributed by atoms with Gasteiger partial charge in [-0.1, -0.05) is 18.2 Å². The lowest BCUT2D eigenvalue weighted by Gasteiger charge is -2.37. The molecule has 0 bridgehead atoms. The van der Waals surface area contributed by atoms with Gasteiger partial charge in [-0.15, -0.1) is 0 Å². The normalized spacial score (nSPS) is 16.2. The van der Waals surface area contributed by atoms with Crippen molar-refractivity contribution < 1.29 is 9.53 Å². The highest BCUT2D eigenvalue weighted by atomic mass is 16.5. The summed E-state index contributed by atoms with van der Waals surface area (Å²) in [4.78, 5) is 18.7. The van der Waals surface area contributed by atoms with Gasteiger partial charge >= 0.3 is 0 Å². The molecule has 1 amide bonds. The molecule has 2 aromatic rings. The number of hydrogen-bond donors (Lipinski definition) is 1. The zero-order valence-electron chi connectivity index (χ0n) is 14.9. The summed E-state index contributed by atoms with van der Waals surface area (Å²) in [6.45, 7) is 3.46. The van der Waals surface area contributed by atoms with Gasteiger partial charge in [-0.2, -0.15) is 0 Å². The number of hydrogen-bond acceptors (Lipinski definition) is 4. The van der Waals surface area contributed by atoms with Crippen LogP contribution in [0.4, 0.5) is 5.69 Å². The summed E-state index contributed by atoms with van der Waals surface area (Å²) in [5.74, 6) is 0.622. The molecule has 1 aromatic heterocycles. The van der Waals surface area contributed by atoms with Gasteiger partial charge < -0.3 is 15.0 Å². The Hall–Kier alpha value is -2.56. The molecule has 0 radical (unpaired) electrons. The van der Waals surface area contributed by atoms with Crippen molar-refractivity contribution in [3.05, 3.63) is 53.7 Å². The van der Waals surface area contributed by atoms with Crippen molar-refractivity contribution in [2.24, 2.45) is 0 Å². The number of aromatic nitrogens is 1. The third-order valence-corrected chi connectivity index (χ3v) is 4.74. The third kappa shape index (κ3) is 4.29. The van der Waals surface area contributed by atoms with Gasteiger partial charge in [-0.25, -0.2) is 4.98 Å². The number of methoxy groups -OCH3 is 1. The van der Waals surface area contributed by atoms with Crippen LogP contribution in [0.1, 0.15) is 30.9 Å². The van der Waals surface area contributed by atoms with Gasteiger partial charge in [0, 0.05) is 43.5 Å². The Balaban J connectivity index is 1.54. The van der Waals surface area contributed by atoms with Crippen LogP contribution in [0.3, 0.4) is 0 Å². The third-order valence-electron chi connectivity index (χ3n) is 4.74.